The van der Waals surface area contributed by atoms with E-state index in [9.17, 15) is 9.59 Å². The Hall–Kier alpha value is -1.76. The predicted molar refractivity (Wildman–Crippen MR) is 74.0 cm³/mol. The second-order valence-corrected chi connectivity index (χ2v) is 5.29. The Morgan fingerprint density at radius 2 is 2.00 bits per heavy atom. The van der Waals surface area contributed by atoms with Crippen molar-refractivity contribution in [1.82, 2.24) is 5.32 Å². The molecule has 0 saturated heterocycles. The molecular formula is C11H18N4O2S. The third-order valence-electron chi connectivity index (χ3n) is 2.30. The van der Waals surface area contributed by atoms with Crippen LogP contribution in [0.25, 0.3) is 0 Å². The molecule has 1 aromatic rings. The fraction of sp³-hybridized carbons (Fsp3) is 0.455. The van der Waals surface area contributed by atoms with Crippen molar-refractivity contribution in [1.29, 1.82) is 0 Å². The van der Waals surface area contributed by atoms with Gasteiger partial charge in [-0.15, -0.1) is 11.3 Å². The molecule has 18 heavy (non-hydrogen) atoms. The van der Waals surface area contributed by atoms with Crippen molar-refractivity contribution in [3.05, 3.63) is 10.4 Å². The van der Waals surface area contributed by atoms with Gasteiger partial charge in [-0.05, 0) is 5.92 Å². The summed E-state index contributed by atoms with van der Waals surface area (Å²) in [5, 5.41) is 6.12. The van der Waals surface area contributed by atoms with Gasteiger partial charge in [0.15, 0.2) is 0 Å². The number of primary amides is 1. The maximum Gasteiger partial charge on any atom is 0.263 e. The van der Waals surface area contributed by atoms with Crippen LogP contribution in [0.4, 0.5) is 10.7 Å². The number of carbonyl (C=O) groups is 2. The summed E-state index contributed by atoms with van der Waals surface area (Å²) in [6, 6.07) is 0. The fourth-order valence-electron chi connectivity index (χ4n) is 1.39. The average Bonchev–Trinajstić information content (AvgIpc) is 2.62. The summed E-state index contributed by atoms with van der Waals surface area (Å²) in [6.45, 7) is 4.74. The number of rotatable bonds is 5. The van der Waals surface area contributed by atoms with Gasteiger partial charge in [-0.25, -0.2) is 0 Å². The lowest BCUT2D eigenvalue weighted by Gasteiger charge is -2.07. The summed E-state index contributed by atoms with van der Waals surface area (Å²) in [5.74, 6) is -0.555. The first-order chi connectivity index (χ1) is 8.38. The standard InChI is InChI=1S/C11H18N4O2S/c1-5(2)4-15-11-6(9(13)16)7(12)8(18-11)10(17)14-3/h5,15H,4,12H2,1-3H3,(H2,13,16)(H,14,17). The molecule has 0 aromatic carbocycles. The number of nitrogen functional groups attached to an aromatic ring is 1. The number of hydrogen-bond donors (Lipinski definition) is 4. The zero-order valence-electron chi connectivity index (χ0n) is 10.7. The highest BCUT2D eigenvalue weighted by atomic mass is 32.1. The molecule has 0 radical (unpaired) electrons. The van der Waals surface area contributed by atoms with Crippen LogP contribution >= 0.6 is 11.3 Å². The lowest BCUT2D eigenvalue weighted by atomic mass is 10.2. The minimum atomic E-state index is -0.634. The van der Waals surface area contributed by atoms with Gasteiger partial charge >= 0.3 is 0 Å². The van der Waals surface area contributed by atoms with Gasteiger partial charge in [0.05, 0.1) is 11.3 Å². The van der Waals surface area contributed by atoms with Gasteiger partial charge in [0.2, 0.25) is 0 Å². The number of thiophene rings is 1. The Kier molecular flexibility index (Phi) is 4.55. The topological polar surface area (TPSA) is 110 Å². The summed E-state index contributed by atoms with van der Waals surface area (Å²) in [5.41, 5.74) is 11.4. The van der Waals surface area contributed by atoms with Gasteiger partial charge in [0, 0.05) is 13.6 Å². The second kappa shape index (κ2) is 5.72. The molecule has 100 valence electrons. The first-order valence-electron chi connectivity index (χ1n) is 5.56. The van der Waals surface area contributed by atoms with Crippen LogP contribution in [0, 0.1) is 5.92 Å². The normalized spacial score (nSPS) is 10.4. The number of carbonyl (C=O) groups excluding carboxylic acids is 2. The van der Waals surface area contributed by atoms with Gasteiger partial charge in [-0.2, -0.15) is 0 Å². The van der Waals surface area contributed by atoms with E-state index in [-0.39, 0.29) is 17.2 Å². The Labute approximate surface area is 110 Å². The van der Waals surface area contributed by atoms with E-state index in [1.54, 1.807) is 0 Å². The summed E-state index contributed by atoms with van der Waals surface area (Å²) in [6.07, 6.45) is 0. The van der Waals surface area contributed by atoms with Crippen molar-refractivity contribution in [2.45, 2.75) is 13.8 Å². The molecule has 6 nitrogen and oxygen atoms in total. The molecule has 0 aliphatic rings. The molecule has 6 N–H and O–H groups in total. The van der Waals surface area contributed by atoms with E-state index in [2.05, 4.69) is 10.6 Å². The number of amides is 2. The Bertz CT molecular complexity index is 468. The summed E-state index contributed by atoms with van der Waals surface area (Å²) in [7, 11) is 1.51. The average molecular weight is 270 g/mol. The van der Waals surface area contributed by atoms with E-state index in [0.29, 0.717) is 22.3 Å². The van der Waals surface area contributed by atoms with Crippen LogP contribution < -0.4 is 22.1 Å². The van der Waals surface area contributed by atoms with Crippen LogP contribution in [0.3, 0.4) is 0 Å². The molecular weight excluding hydrogens is 252 g/mol. The predicted octanol–water partition coefficient (Wildman–Crippen LogP) is 0.857. The van der Waals surface area contributed by atoms with Crippen molar-refractivity contribution in [3.63, 3.8) is 0 Å². The highest BCUT2D eigenvalue weighted by Gasteiger charge is 2.23. The Balaban J connectivity index is 3.15. The van der Waals surface area contributed by atoms with Gasteiger partial charge in [0.25, 0.3) is 11.8 Å². The number of hydrogen-bond acceptors (Lipinski definition) is 5. The Morgan fingerprint density at radius 1 is 1.39 bits per heavy atom. The lowest BCUT2D eigenvalue weighted by Crippen LogP contribution is -2.19. The van der Waals surface area contributed by atoms with E-state index < -0.39 is 5.91 Å². The van der Waals surface area contributed by atoms with Crippen LogP contribution in [-0.2, 0) is 0 Å². The van der Waals surface area contributed by atoms with Crippen molar-refractivity contribution in [2.24, 2.45) is 11.7 Å². The minimum Gasteiger partial charge on any atom is -0.397 e. The molecule has 0 spiro atoms. The zero-order valence-corrected chi connectivity index (χ0v) is 11.5. The number of nitrogens with two attached hydrogens (primary N) is 2. The monoisotopic (exact) mass is 270 g/mol. The zero-order chi connectivity index (χ0) is 13.9. The highest BCUT2D eigenvalue weighted by molar-refractivity contribution is 7.19. The molecule has 1 rings (SSSR count). The van der Waals surface area contributed by atoms with E-state index in [1.165, 1.54) is 7.05 Å². The molecule has 0 atom stereocenters. The van der Waals surface area contributed by atoms with Gasteiger partial charge in [-0.3, -0.25) is 9.59 Å². The van der Waals surface area contributed by atoms with E-state index in [4.69, 9.17) is 11.5 Å². The number of anilines is 2. The third-order valence-corrected chi connectivity index (χ3v) is 3.46. The first kappa shape index (κ1) is 14.3. The molecule has 1 heterocycles. The maximum atomic E-state index is 11.6. The summed E-state index contributed by atoms with van der Waals surface area (Å²) < 4.78 is 0. The summed E-state index contributed by atoms with van der Waals surface area (Å²) in [4.78, 5) is 23.3. The SMILES string of the molecule is CNC(=O)c1sc(NCC(C)C)c(C(N)=O)c1N. The van der Waals surface area contributed by atoms with Gasteiger partial charge in [-0.1, -0.05) is 13.8 Å². The molecule has 0 aliphatic heterocycles. The lowest BCUT2D eigenvalue weighted by molar-refractivity contribution is 0.0967. The Morgan fingerprint density at radius 3 is 2.44 bits per heavy atom. The van der Waals surface area contributed by atoms with E-state index in [1.807, 2.05) is 13.8 Å². The molecule has 0 unspecified atom stereocenters. The summed E-state index contributed by atoms with van der Waals surface area (Å²) >= 11 is 1.14. The van der Waals surface area contributed by atoms with Crippen molar-refractivity contribution in [3.8, 4) is 0 Å². The van der Waals surface area contributed by atoms with Crippen LogP contribution in [-0.4, -0.2) is 25.4 Å². The second-order valence-electron chi connectivity index (χ2n) is 4.27. The van der Waals surface area contributed by atoms with Crippen molar-refractivity contribution in [2.75, 3.05) is 24.6 Å². The van der Waals surface area contributed by atoms with Crippen molar-refractivity contribution < 1.29 is 9.59 Å². The molecule has 1 aromatic heterocycles. The van der Waals surface area contributed by atoms with Gasteiger partial charge in [0.1, 0.15) is 9.88 Å². The van der Waals surface area contributed by atoms with Crippen LogP contribution in [0.2, 0.25) is 0 Å². The van der Waals surface area contributed by atoms with Gasteiger partial charge < -0.3 is 22.1 Å². The first-order valence-corrected chi connectivity index (χ1v) is 6.38. The van der Waals surface area contributed by atoms with Crippen LogP contribution in [0.1, 0.15) is 33.9 Å². The molecule has 7 heteroatoms. The maximum absolute atomic E-state index is 11.6. The quantitative estimate of drug-likeness (QED) is 0.636. The molecule has 2 amide bonds. The largest absolute Gasteiger partial charge is 0.397 e. The molecule has 0 fully saturated rings. The molecule has 0 aliphatic carbocycles. The highest BCUT2D eigenvalue weighted by Crippen LogP contribution is 2.35. The van der Waals surface area contributed by atoms with Crippen LogP contribution in [0.5, 0.6) is 0 Å². The third kappa shape index (κ3) is 2.92. The van der Waals surface area contributed by atoms with E-state index in [0.717, 1.165) is 11.3 Å². The fourth-order valence-corrected chi connectivity index (χ4v) is 2.47. The smallest absolute Gasteiger partial charge is 0.263 e. The number of nitrogens with one attached hydrogen (secondary N) is 2. The van der Waals surface area contributed by atoms with Crippen molar-refractivity contribution >= 4 is 33.8 Å². The molecule has 0 bridgehead atoms. The van der Waals surface area contributed by atoms with Crippen LogP contribution in [0.15, 0.2) is 0 Å². The molecule has 0 saturated carbocycles. The van der Waals surface area contributed by atoms with E-state index >= 15 is 0 Å². The minimum absolute atomic E-state index is 0.137.